The zero-order valence-corrected chi connectivity index (χ0v) is 27.4. The minimum atomic E-state index is -4.42. The lowest BCUT2D eigenvalue weighted by Gasteiger charge is -2.45. The van der Waals surface area contributed by atoms with Gasteiger partial charge in [0.15, 0.2) is 8.32 Å². The summed E-state index contributed by atoms with van der Waals surface area (Å²) in [7, 11) is -2.17. The Bertz CT molecular complexity index is 1330. The molecule has 5 rings (SSSR count). The Morgan fingerprint density at radius 3 is 2.21 bits per heavy atom. The second kappa shape index (κ2) is 11.2. The predicted molar refractivity (Wildman–Crippen MR) is 166 cm³/mol. The highest BCUT2D eigenvalue weighted by molar-refractivity contribution is 6.74. The summed E-state index contributed by atoms with van der Waals surface area (Å²) in [4.78, 5) is 5.44. The average molecular weight is 600 g/mol. The maximum Gasteiger partial charge on any atom is 0.416 e. The Labute approximate surface area is 251 Å². The van der Waals surface area contributed by atoms with Gasteiger partial charge in [-0.05, 0) is 97.3 Å². The van der Waals surface area contributed by atoms with E-state index in [1.54, 1.807) is 0 Å². The smallest absolute Gasteiger partial charge is 0.410 e. The molecule has 1 aromatic heterocycles. The minimum Gasteiger partial charge on any atom is -0.410 e. The molecule has 0 saturated heterocycles. The van der Waals surface area contributed by atoms with Gasteiger partial charge in [0.2, 0.25) is 0 Å². The molecule has 2 unspecified atom stereocenters. The molecule has 230 valence electrons. The lowest BCUT2D eigenvalue weighted by Crippen LogP contribution is -2.44. The van der Waals surface area contributed by atoms with E-state index in [1.165, 1.54) is 17.7 Å². The number of nitrogens with zero attached hydrogens (tertiary/aromatic N) is 1. The molecule has 42 heavy (non-hydrogen) atoms. The molecule has 1 heterocycles. The molecule has 2 aromatic rings. The van der Waals surface area contributed by atoms with Crippen molar-refractivity contribution in [3.05, 3.63) is 69.5 Å². The molecule has 7 heteroatoms. The van der Waals surface area contributed by atoms with Crippen molar-refractivity contribution in [3.63, 3.8) is 0 Å². The molecule has 1 aromatic carbocycles. The molecule has 3 aliphatic rings. The van der Waals surface area contributed by atoms with Crippen LogP contribution in [-0.2, 0) is 17.0 Å². The first-order valence-corrected chi connectivity index (χ1v) is 18.7. The van der Waals surface area contributed by atoms with Gasteiger partial charge in [-0.2, -0.15) is 13.2 Å². The number of allylic oxidation sites excluding steroid dienone is 2. The first-order valence-electron chi connectivity index (χ1n) is 15.8. The SMILES string of the molecule is CC1(C)Cc2nc(C3CCCC3)c(C(O)c3ccc(C(F)(F)F)cc3)c(C3=CCCC3)c2C(O[Si](C)(C)C(C)(C)C)C1. The molecule has 0 bridgehead atoms. The van der Waals surface area contributed by atoms with Crippen molar-refractivity contribution in [1.29, 1.82) is 0 Å². The molecule has 1 saturated carbocycles. The minimum absolute atomic E-state index is 0.00879. The maximum absolute atomic E-state index is 13.4. The van der Waals surface area contributed by atoms with E-state index in [0.717, 1.165) is 98.0 Å². The molecule has 0 amide bonds. The highest BCUT2D eigenvalue weighted by atomic mass is 28.4. The molecule has 3 aliphatic carbocycles. The van der Waals surface area contributed by atoms with Gasteiger partial charge in [0.1, 0.15) is 6.10 Å². The van der Waals surface area contributed by atoms with Gasteiger partial charge in [-0.1, -0.05) is 65.7 Å². The van der Waals surface area contributed by atoms with E-state index in [0.29, 0.717) is 5.56 Å². The third-order valence-electron chi connectivity index (χ3n) is 10.3. The number of fused-ring (bicyclic) bond motifs is 1. The van der Waals surface area contributed by atoms with Gasteiger partial charge in [-0.25, -0.2) is 0 Å². The normalized spacial score (nSPS) is 22.3. The number of halogens is 3. The van der Waals surface area contributed by atoms with Crippen LogP contribution >= 0.6 is 0 Å². The molecular formula is C35H48F3NO2Si. The Kier molecular flexibility index (Phi) is 8.38. The molecule has 0 spiro atoms. The first-order chi connectivity index (χ1) is 19.5. The molecule has 1 N–H and O–H groups in total. The number of pyridine rings is 1. The molecule has 3 nitrogen and oxygen atoms in total. The third-order valence-corrected chi connectivity index (χ3v) is 14.7. The van der Waals surface area contributed by atoms with E-state index in [-0.39, 0.29) is 22.5 Å². The predicted octanol–water partition coefficient (Wildman–Crippen LogP) is 10.4. The monoisotopic (exact) mass is 599 g/mol. The van der Waals surface area contributed by atoms with Gasteiger partial charge < -0.3 is 9.53 Å². The number of benzene rings is 1. The summed E-state index contributed by atoms with van der Waals surface area (Å²) >= 11 is 0. The zero-order valence-electron chi connectivity index (χ0n) is 26.4. The van der Waals surface area contributed by atoms with E-state index in [2.05, 4.69) is 53.8 Å². The van der Waals surface area contributed by atoms with Gasteiger partial charge in [-0.3, -0.25) is 4.98 Å². The largest absolute Gasteiger partial charge is 0.416 e. The Morgan fingerprint density at radius 2 is 1.67 bits per heavy atom. The number of aliphatic hydroxyl groups is 1. The number of aliphatic hydroxyl groups excluding tert-OH is 1. The highest BCUT2D eigenvalue weighted by Crippen LogP contribution is 2.53. The second-order valence-electron chi connectivity index (χ2n) is 15.2. The van der Waals surface area contributed by atoms with Gasteiger partial charge >= 0.3 is 6.18 Å². The van der Waals surface area contributed by atoms with Crippen molar-refractivity contribution in [2.75, 3.05) is 0 Å². The van der Waals surface area contributed by atoms with Gasteiger partial charge in [0.05, 0.1) is 17.4 Å². The van der Waals surface area contributed by atoms with Crippen LogP contribution in [0.1, 0.15) is 143 Å². The van der Waals surface area contributed by atoms with Crippen LogP contribution in [0, 0.1) is 5.41 Å². The lowest BCUT2D eigenvalue weighted by atomic mass is 9.71. The van der Waals surface area contributed by atoms with Gasteiger partial charge in [0, 0.05) is 22.7 Å². The molecule has 2 atom stereocenters. The van der Waals surface area contributed by atoms with E-state index in [9.17, 15) is 18.3 Å². The van der Waals surface area contributed by atoms with Crippen LogP contribution in [0.15, 0.2) is 30.3 Å². The van der Waals surface area contributed by atoms with Gasteiger partial charge in [-0.15, -0.1) is 0 Å². The zero-order chi connectivity index (χ0) is 30.7. The molecule has 0 radical (unpaired) electrons. The van der Waals surface area contributed by atoms with E-state index >= 15 is 0 Å². The summed E-state index contributed by atoms with van der Waals surface area (Å²) in [5.74, 6) is 0.236. The first kappa shape index (κ1) is 31.5. The van der Waals surface area contributed by atoms with Crippen LogP contribution in [0.4, 0.5) is 13.2 Å². The van der Waals surface area contributed by atoms with Crippen molar-refractivity contribution in [3.8, 4) is 0 Å². The van der Waals surface area contributed by atoms with Crippen molar-refractivity contribution >= 4 is 13.9 Å². The van der Waals surface area contributed by atoms with Crippen LogP contribution in [0.3, 0.4) is 0 Å². The number of aromatic nitrogens is 1. The van der Waals surface area contributed by atoms with Crippen LogP contribution in [0.2, 0.25) is 18.1 Å². The summed E-state index contributed by atoms with van der Waals surface area (Å²) in [6, 6.07) is 5.04. The maximum atomic E-state index is 13.4. The number of hydrogen-bond acceptors (Lipinski definition) is 3. The Morgan fingerprint density at radius 1 is 1.02 bits per heavy atom. The van der Waals surface area contributed by atoms with E-state index < -0.39 is 26.2 Å². The number of rotatable bonds is 6. The second-order valence-corrected chi connectivity index (χ2v) is 19.9. The summed E-state index contributed by atoms with van der Waals surface area (Å²) in [5, 5.41) is 12.2. The van der Waals surface area contributed by atoms with Crippen molar-refractivity contribution in [2.45, 2.75) is 135 Å². The van der Waals surface area contributed by atoms with Crippen molar-refractivity contribution in [1.82, 2.24) is 4.98 Å². The van der Waals surface area contributed by atoms with E-state index in [4.69, 9.17) is 9.41 Å². The van der Waals surface area contributed by atoms with Crippen LogP contribution in [0.5, 0.6) is 0 Å². The van der Waals surface area contributed by atoms with Gasteiger partial charge in [0.25, 0.3) is 0 Å². The lowest BCUT2D eigenvalue weighted by molar-refractivity contribution is -0.137. The topological polar surface area (TPSA) is 42.4 Å². The summed E-state index contributed by atoms with van der Waals surface area (Å²) in [5.41, 5.74) is 6.04. The third kappa shape index (κ3) is 6.16. The summed E-state index contributed by atoms with van der Waals surface area (Å²) < 4.78 is 47.4. The highest BCUT2D eigenvalue weighted by Gasteiger charge is 2.45. The fourth-order valence-electron chi connectivity index (χ4n) is 6.98. The Hall–Kier alpha value is -1.96. The number of alkyl halides is 3. The fraction of sp³-hybridized carbons (Fsp3) is 0.629. The standard InChI is InChI=1S/C35H48F3NO2Si/c1-33(2,3)42(6,7)41-27-21-34(4,5)20-26-29(27)28(22-12-8-9-13-22)30(31(39-26)23-14-10-11-15-23)32(40)24-16-18-25(19-17-24)35(36,37)38/h12,16-19,23,27,32,40H,8-11,13-15,20-21H2,1-7H3. The fourth-order valence-corrected chi connectivity index (χ4v) is 8.25. The van der Waals surface area contributed by atoms with Crippen molar-refractivity contribution in [2.24, 2.45) is 5.41 Å². The van der Waals surface area contributed by atoms with Crippen molar-refractivity contribution < 1.29 is 22.7 Å². The summed E-state index contributed by atoms with van der Waals surface area (Å²) in [6.07, 6.45) is 5.62. The Balaban J connectivity index is 1.76. The van der Waals surface area contributed by atoms with Crippen LogP contribution < -0.4 is 0 Å². The van der Waals surface area contributed by atoms with Crippen LogP contribution in [-0.4, -0.2) is 18.4 Å². The average Bonchev–Trinajstić information content (AvgIpc) is 3.60. The molecule has 1 fully saturated rings. The number of hydrogen-bond donors (Lipinski definition) is 1. The molecule has 0 aliphatic heterocycles. The van der Waals surface area contributed by atoms with Crippen LogP contribution in [0.25, 0.3) is 5.57 Å². The quantitative estimate of drug-likeness (QED) is 0.336. The molecular weight excluding hydrogens is 551 g/mol. The summed E-state index contributed by atoms with van der Waals surface area (Å²) in [6.45, 7) is 16.0. The van der Waals surface area contributed by atoms with E-state index in [1.807, 2.05) is 0 Å².